The number of carbonyl (C=O) groups is 1. The largest absolute Gasteiger partial charge is 0.573 e. The highest BCUT2D eigenvalue weighted by Gasteiger charge is 2.36. The highest BCUT2D eigenvalue weighted by atomic mass is 19.4. The van der Waals surface area contributed by atoms with Gasteiger partial charge in [-0.2, -0.15) is 0 Å². The number of hydrogen-bond acceptors (Lipinski definition) is 7. The molecule has 0 bridgehead atoms. The second-order valence-electron chi connectivity index (χ2n) is 9.81. The van der Waals surface area contributed by atoms with Gasteiger partial charge in [0.05, 0.1) is 17.7 Å². The number of aromatic nitrogens is 2. The van der Waals surface area contributed by atoms with Gasteiger partial charge in [0.15, 0.2) is 11.6 Å². The number of ether oxygens (including phenoxy) is 1. The van der Waals surface area contributed by atoms with E-state index >= 15 is 0 Å². The van der Waals surface area contributed by atoms with E-state index in [1.54, 1.807) is 4.90 Å². The minimum Gasteiger partial charge on any atom is -0.403 e. The van der Waals surface area contributed by atoms with Gasteiger partial charge in [0.25, 0.3) is 0 Å². The van der Waals surface area contributed by atoms with Crippen LogP contribution in [0.3, 0.4) is 0 Å². The average molecular weight is 526 g/mol. The zero-order chi connectivity index (χ0) is 26.9. The van der Waals surface area contributed by atoms with Gasteiger partial charge in [-0.1, -0.05) is 26.8 Å². The maximum atomic E-state index is 14.0. The Balaban J connectivity index is 1.51. The van der Waals surface area contributed by atoms with Gasteiger partial charge in [0, 0.05) is 44.3 Å². The molecule has 12 heteroatoms. The molecular weight excluding hydrogens is 494 g/mol. The van der Waals surface area contributed by atoms with E-state index in [9.17, 15) is 27.5 Å². The fourth-order valence-corrected chi connectivity index (χ4v) is 4.95. The maximum Gasteiger partial charge on any atom is 0.573 e. The number of anilines is 1. The number of piperazine rings is 1. The van der Waals surface area contributed by atoms with E-state index in [1.807, 2.05) is 20.8 Å². The van der Waals surface area contributed by atoms with E-state index in [4.69, 9.17) is 0 Å². The van der Waals surface area contributed by atoms with Gasteiger partial charge in [-0.3, -0.25) is 4.79 Å². The number of amides is 1. The molecule has 1 aliphatic carbocycles. The summed E-state index contributed by atoms with van der Waals surface area (Å²) in [5.41, 5.74) is 1.80. The standard InChI is InChI=1S/C25H31F4N5O3/c1-14(2)30-12-17(16-4-5-18(26)20(11-16)37-25(27,28)29)24(36)34-8-6-33(7-9-34)23-21-15(3)10-19(35)22(21)31-13-32-23/h4-5,11,13-15,17,19,30,35H,6-10,12H2,1-3H3/t15-,17-,19-/m1/s1. The van der Waals surface area contributed by atoms with Crippen LogP contribution >= 0.6 is 0 Å². The van der Waals surface area contributed by atoms with Gasteiger partial charge < -0.3 is 25.0 Å². The summed E-state index contributed by atoms with van der Waals surface area (Å²) in [4.78, 5) is 26.0. The van der Waals surface area contributed by atoms with Crippen molar-refractivity contribution >= 4 is 11.7 Å². The number of carbonyl (C=O) groups excluding carboxylic acids is 1. The topological polar surface area (TPSA) is 90.8 Å². The monoisotopic (exact) mass is 525 g/mol. The highest BCUT2D eigenvalue weighted by Crippen LogP contribution is 2.42. The number of alkyl halides is 3. The van der Waals surface area contributed by atoms with Crippen LogP contribution in [0.25, 0.3) is 0 Å². The average Bonchev–Trinajstić information content (AvgIpc) is 3.13. The summed E-state index contributed by atoms with van der Waals surface area (Å²) < 4.78 is 56.1. The molecule has 2 aliphatic rings. The third-order valence-corrected chi connectivity index (χ3v) is 6.78. The lowest BCUT2D eigenvalue weighted by molar-refractivity contribution is -0.275. The molecule has 8 nitrogen and oxygen atoms in total. The molecule has 0 unspecified atom stereocenters. The molecule has 2 N–H and O–H groups in total. The number of nitrogens with zero attached hydrogens (tertiary/aromatic N) is 4. The lowest BCUT2D eigenvalue weighted by atomic mass is 9.96. The molecule has 4 rings (SSSR count). The first-order chi connectivity index (χ1) is 17.4. The first-order valence-corrected chi connectivity index (χ1v) is 12.3. The van der Waals surface area contributed by atoms with E-state index in [2.05, 4.69) is 24.9 Å². The zero-order valence-corrected chi connectivity index (χ0v) is 20.9. The normalized spacial score (nSPS) is 20.8. The SMILES string of the molecule is CC(C)NC[C@@H](C(=O)N1CCN(c2ncnc3c2[C@H](C)C[C@H]3O)CC1)c1ccc(F)c(OC(F)(F)F)c1. The highest BCUT2D eigenvalue weighted by molar-refractivity contribution is 5.84. The molecule has 1 aromatic heterocycles. The summed E-state index contributed by atoms with van der Waals surface area (Å²) in [6, 6.07) is 3.17. The number of hydrogen-bond donors (Lipinski definition) is 2. The molecule has 1 saturated heterocycles. The number of fused-ring (bicyclic) bond motifs is 1. The first-order valence-electron chi connectivity index (χ1n) is 12.3. The van der Waals surface area contributed by atoms with Crippen molar-refractivity contribution in [1.29, 1.82) is 0 Å². The summed E-state index contributed by atoms with van der Waals surface area (Å²) in [5.74, 6) is -2.36. The van der Waals surface area contributed by atoms with E-state index < -0.39 is 30.0 Å². The number of rotatable bonds is 7. The minimum atomic E-state index is -5.06. The van der Waals surface area contributed by atoms with Crippen LogP contribution in [0.1, 0.15) is 62.0 Å². The van der Waals surface area contributed by atoms with Crippen molar-refractivity contribution in [3.8, 4) is 5.75 Å². The van der Waals surface area contributed by atoms with E-state index in [0.717, 1.165) is 23.5 Å². The molecule has 1 fully saturated rings. The molecule has 1 aromatic carbocycles. The molecule has 2 aromatic rings. The zero-order valence-electron chi connectivity index (χ0n) is 20.9. The van der Waals surface area contributed by atoms with Gasteiger partial charge in [-0.15, -0.1) is 13.2 Å². The van der Waals surface area contributed by atoms with Gasteiger partial charge in [0.1, 0.15) is 12.1 Å². The van der Waals surface area contributed by atoms with Gasteiger partial charge in [0.2, 0.25) is 5.91 Å². The maximum absolute atomic E-state index is 14.0. The predicted molar refractivity (Wildman–Crippen MR) is 128 cm³/mol. The smallest absolute Gasteiger partial charge is 0.403 e. The van der Waals surface area contributed by atoms with Crippen molar-refractivity contribution in [2.45, 2.75) is 57.5 Å². The number of aliphatic hydroxyl groups is 1. The van der Waals surface area contributed by atoms with Crippen molar-refractivity contribution in [2.75, 3.05) is 37.6 Å². The Labute approximate surface area is 212 Å². The Morgan fingerprint density at radius 3 is 2.57 bits per heavy atom. The number of aliphatic hydroxyl groups excluding tert-OH is 1. The third kappa shape index (κ3) is 6.12. The molecule has 0 radical (unpaired) electrons. The summed E-state index contributed by atoms with van der Waals surface area (Å²) in [6.45, 7) is 7.71. The quantitative estimate of drug-likeness (QED) is 0.535. The summed E-state index contributed by atoms with van der Waals surface area (Å²) >= 11 is 0. The summed E-state index contributed by atoms with van der Waals surface area (Å²) in [6.07, 6.45) is -3.65. The van der Waals surface area contributed by atoms with Crippen molar-refractivity contribution in [2.24, 2.45) is 0 Å². The lowest BCUT2D eigenvalue weighted by Gasteiger charge is -2.38. The minimum absolute atomic E-state index is 0.0238. The lowest BCUT2D eigenvalue weighted by Crippen LogP contribution is -2.51. The van der Waals surface area contributed by atoms with E-state index in [0.29, 0.717) is 38.3 Å². The van der Waals surface area contributed by atoms with Crippen LogP contribution in [0.2, 0.25) is 0 Å². The van der Waals surface area contributed by atoms with Crippen LogP contribution < -0.4 is 15.0 Å². The molecule has 3 atom stereocenters. The Morgan fingerprint density at radius 2 is 1.92 bits per heavy atom. The van der Waals surface area contributed by atoms with Crippen LogP contribution in [-0.2, 0) is 4.79 Å². The molecule has 2 heterocycles. The number of benzene rings is 1. The second kappa shape index (κ2) is 10.8. The molecule has 1 amide bonds. The van der Waals surface area contributed by atoms with Crippen molar-refractivity contribution in [3.05, 3.63) is 47.2 Å². The fraction of sp³-hybridized carbons (Fsp3) is 0.560. The van der Waals surface area contributed by atoms with Crippen molar-refractivity contribution in [3.63, 3.8) is 0 Å². The predicted octanol–water partition coefficient (Wildman–Crippen LogP) is 3.49. The Bertz CT molecular complexity index is 1120. The van der Waals surface area contributed by atoms with Crippen molar-refractivity contribution in [1.82, 2.24) is 20.2 Å². The molecule has 37 heavy (non-hydrogen) atoms. The molecular formula is C25H31F4N5O3. The molecule has 0 saturated carbocycles. The van der Waals surface area contributed by atoms with E-state index in [-0.39, 0.29) is 30.0 Å². The Kier molecular flexibility index (Phi) is 7.88. The second-order valence-corrected chi connectivity index (χ2v) is 9.81. The van der Waals surface area contributed by atoms with Gasteiger partial charge in [-0.25, -0.2) is 14.4 Å². The Hall–Kier alpha value is -2.99. The van der Waals surface area contributed by atoms with Crippen LogP contribution in [0.5, 0.6) is 5.75 Å². The first kappa shape index (κ1) is 27.1. The summed E-state index contributed by atoms with van der Waals surface area (Å²) in [7, 11) is 0. The molecule has 0 spiro atoms. The summed E-state index contributed by atoms with van der Waals surface area (Å²) in [5, 5.41) is 13.4. The number of nitrogens with one attached hydrogen (secondary N) is 1. The molecule has 1 aliphatic heterocycles. The Morgan fingerprint density at radius 1 is 1.22 bits per heavy atom. The van der Waals surface area contributed by atoms with Crippen LogP contribution in [0.15, 0.2) is 24.5 Å². The van der Waals surface area contributed by atoms with Gasteiger partial charge >= 0.3 is 6.36 Å². The van der Waals surface area contributed by atoms with Gasteiger partial charge in [-0.05, 0) is 30.0 Å². The van der Waals surface area contributed by atoms with Crippen LogP contribution in [-0.4, -0.2) is 71.0 Å². The molecule has 202 valence electrons. The van der Waals surface area contributed by atoms with Crippen molar-refractivity contribution < 1.29 is 32.2 Å². The number of halogens is 4. The fourth-order valence-electron chi connectivity index (χ4n) is 4.95. The van der Waals surface area contributed by atoms with Crippen LogP contribution in [0.4, 0.5) is 23.4 Å². The van der Waals surface area contributed by atoms with Crippen LogP contribution in [0, 0.1) is 5.82 Å². The third-order valence-electron chi connectivity index (χ3n) is 6.78. The van der Waals surface area contributed by atoms with E-state index in [1.165, 1.54) is 12.4 Å².